The van der Waals surface area contributed by atoms with Gasteiger partial charge >= 0.3 is 12.3 Å². The zero-order chi connectivity index (χ0) is 22.7. The van der Waals surface area contributed by atoms with Gasteiger partial charge in [-0.2, -0.15) is 13.8 Å². The monoisotopic (exact) mass is 445 g/mol. The third-order valence-corrected chi connectivity index (χ3v) is 4.86. The molecule has 2 aromatic heterocycles. The molecule has 0 bridgehead atoms. The van der Waals surface area contributed by atoms with Gasteiger partial charge in [0.2, 0.25) is 11.8 Å². The topological polar surface area (TPSA) is 93.4 Å². The van der Waals surface area contributed by atoms with Crippen molar-refractivity contribution in [2.24, 2.45) is 0 Å². The number of hydrogen-bond donors (Lipinski definition) is 1. The number of alkyl halides is 2. The molecule has 0 spiro atoms. The molecule has 0 saturated carbocycles. The molecule has 11 heteroatoms. The average molecular weight is 445 g/mol. The number of rotatable bonds is 6. The number of nitrogens with zero attached hydrogens (tertiary/aromatic N) is 5. The molecule has 3 heterocycles. The molecule has 1 N–H and O–H groups in total. The Kier molecular flexibility index (Phi) is 6.17. The number of aliphatic hydroxyl groups is 1. The minimum Gasteiger partial charge on any atom is -0.417 e. The first kappa shape index (κ1) is 21.5. The Balaban J connectivity index is 1.45. The summed E-state index contributed by atoms with van der Waals surface area (Å²) in [6.07, 6.45) is 3.56. The number of pyridine rings is 1. The van der Waals surface area contributed by atoms with Crippen molar-refractivity contribution in [1.82, 2.24) is 19.5 Å². The van der Waals surface area contributed by atoms with Gasteiger partial charge in [0.1, 0.15) is 12.1 Å². The third-order valence-electron chi connectivity index (χ3n) is 4.86. The second-order valence-electron chi connectivity index (χ2n) is 7.04. The van der Waals surface area contributed by atoms with Crippen LogP contribution < -0.4 is 15.3 Å². The van der Waals surface area contributed by atoms with E-state index in [1.807, 2.05) is 0 Å². The van der Waals surface area contributed by atoms with E-state index in [0.717, 1.165) is 0 Å². The lowest BCUT2D eigenvalue weighted by Crippen LogP contribution is -2.40. The average Bonchev–Trinajstić information content (AvgIpc) is 2.77. The molecule has 1 aromatic carbocycles. The molecule has 0 radical (unpaired) electrons. The Hall–Kier alpha value is -3.73. The number of aliphatic hydroxyl groups excluding tert-OH is 1. The van der Waals surface area contributed by atoms with E-state index in [1.165, 1.54) is 41.4 Å². The molecule has 0 aliphatic carbocycles. The second-order valence-corrected chi connectivity index (χ2v) is 7.04. The van der Waals surface area contributed by atoms with Gasteiger partial charge in [-0.3, -0.25) is 4.57 Å². The SMILES string of the molecule is O=c1nc(N2CC=C(c3ccc(F)cc3)C(O)C2)ncn1Cc1ccc(OC(F)F)nc1. The number of ether oxygens (including phenoxy) is 1. The number of hydrogen-bond acceptors (Lipinski definition) is 7. The van der Waals surface area contributed by atoms with Crippen molar-refractivity contribution < 1.29 is 23.0 Å². The predicted molar refractivity (Wildman–Crippen MR) is 109 cm³/mol. The summed E-state index contributed by atoms with van der Waals surface area (Å²) in [5.74, 6) is -0.415. The van der Waals surface area contributed by atoms with Gasteiger partial charge in [-0.05, 0) is 28.8 Å². The fourth-order valence-electron chi connectivity index (χ4n) is 3.31. The van der Waals surface area contributed by atoms with E-state index in [1.54, 1.807) is 23.1 Å². The molecule has 4 rings (SSSR count). The third kappa shape index (κ3) is 4.94. The van der Waals surface area contributed by atoms with Crippen molar-refractivity contribution in [3.05, 3.63) is 82.4 Å². The Morgan fingerprint density at radius 1 is 1.16 bits per heavy atom. The van der Waals surface area contributed by atoms with Crippen LogP contribution in [0.2, 0.25) is 0 Å². The van der Waals surface area contributed by atoms with Crippen molar-refractivity contribution >= 4 is 11.5 Å². The maximum Gasteiger partial charge on any atom is 0.388 e. The Bertz CT molecular complexity index is 1170. The summed E-state index contributed by atoms with van der Waals surface area (Å²) < 4.78 is 43.0. The van der Waals surface area contributed by atoms with E-state index in [-0.39, 0.29) is 30.7 Å². The molecule has 1 aliphatic rings. The number of halogens is 3. The second kappa shape index (κ2) is 9.18. The smallest absolute Gasteiger partial charge is 0.388 e. The first-order valence-corrected chi connectivity index (χ1v) is 9.61. The molecule has 1 unspecified atom stereocenters. The van der Waals surface area contributed by atoms with Gasteiger partial charge < -0.3 is 14.7 Å². The van der Waals surface area contributed by atoms with E-state index in [0.29, 0.717) is 23.2 Å². The minimum atomic E-state index is -2.97. The fraction of sp³-hybridized carbons (Fsp3) is 0.238. The van der Waals surface area contributed by atoms with E-state index in [4.69, 9.17) is 0 Å². The molecule has 32 heavy (non-hydrogen) atoms. The molecule has 0 amide bonds. The fourth-order valence-corrected chi connectivity index (χ4v) is 3.31. The van der Waals surface area contributed by atoms with Crippen LogP contribution in [0.15, 0.2) is 59.8 Å². The lowest BCUT2D eigenvalue weighted by Gasteiger charge is -2.30. The summed E-state index contributed by atoms with van der Waals surface area (Å²) in [5, 5.41) is 10.5. The predicted octanol–water partition coefficient (Wildman–Crippen LogP) is 2.09. The molecule has 3 aromatic rings. The molecule has 8 nitrogen and oxygen atoms in total. The summed E-state index contributed by atoms with van der Waals surface area (Å²) in [6.45, 7) is -2.34. The van der Waals surface area contributed by atoms with E-state index >= 15 is 0 Å². The van der Waals surface area contributed by atoms with Crippen molar-refractivity contribution in [2.45, 2.75) is 19.3 Å². The first-order valence-electron chi connectivity index (χ1n) is 9.61. The maximum absolute atomic E-state index is 13.1. The Labute approximate surface area is 180 Å². The van der Waals surface area contributed by atoms with Gasteiger partial charge in [0, 0.05) is 18.8 Å². The van der Waals surface area contributed by atoms with E-state index in [9.17, 15) is 23.1 Å². The van der Waals surface area contributed by atoms with Crippen LogP contribution in [0.1, 0.15) is 11.1 Å². The summed E-state index contributed by atoms with van der Waals surface area (Å²) in [7, 11) is 0. The summed E-state index contributed by atoms with van der Waals surface area (Å²) >= 11 is 0. The highest BCUT2D eigenvalue weighted by molar-refractivity contribution is 5.71. The first-order chi connectivity index (χ1) is 15.4. The summed E-state index contributed by atoms with van der Waals surface area (Å²) in [6, 6.07) is 8.63. The minimum absolute atomic E-state index is 0.0956. The number of β-amino-alcohol motifs (C(OH)–C–C–N with tert-alkyl or cyclic N) is 1. The molecule has 1 aliphatic heterocycles. The molecule has 1 atom stereocenters. The summed E-state index contributed by atoms with van der Waals surface area (Å²) in [4.78, 5) is 26.0. The lowest BCUT2D eigenvalue weighted by molar-refractivity contribution is -0.0528. The van der Waals surface area contributed by atoms with Gasteiger partial charge in [0.05, 0.1) is 19.2 Å². The van der Waals surface area contributed by atoms with Gasteiger partial charge in [0.25, 0.3) is 0 Å². The number of benzene rings is 1. The van der Waals surface area contributed by atoms with Crippen LogP contribution in [0.4, 0.5) is 19.1 Å². The highest BCUT2D eigenvalue weighted by Crippen LogP contribution is 2.24. The van der Waals surface area contributed by atoms with Crippen molar-refractivity contribution in [1.29, 1.82) is 0 Å². The van der Waals surface area contributed by atoms with Crippen molar-refractivity contribution in [2.75, 3.05) is 18.0 Å². The Morgan fingerprint density at radius 2 is 1.94 bits per heavy atom. The zero-order valence-electron chi connectivity index (χ0n) is 16.6. The van der Waals surface area contributed by atoms with Crippen LogP contribution in [0.3, 0.4) is 0 Å². The van der Waals surface area contributed by atoms with E-state index in [2.05, 4.69) is 19.7 Å². The van der Waals surface area contributed by atoms with Crippen LogP contribution in [-0.2, 0) is 6.54 Å². The lowest BCUT2D eigenvalue weighted by atomic mass is 9.97. The Morgan fingerprint density at radius 3 is 2.56 bits per heavy atom. The van der Waals surface area contributed by atoms with Crippen molar-refractivity contribution in [3.8, 4) is 5.88 Å². The van der Waals surface area contributed by atoms with Gasteiger partial charge in [0.15, 0.2) is 0 Å². The van der Waals surface area contributed by atoms with E-state index < -0.39 is 18.4 Å². The highest BCUT2D eigenvalue weighted by atomic mass is 19.3. The van der Waals surface area contributed by atoms with Gasteiger partial charge in [-0.15, -0.1) is 0 Å². The standard InChI is InChI=1S/C21H18F3N5O3/c22-15-4-2-14(3-5-15)16-7-8-28(11-17(16)30)20-26-12-29(21(31)27-20)10-13-1-6-18(25-9-13)32-19(23)24/h1-7,9,12,17,19,30H,8,10-11H2. The van der Waals surface area contributed by atoms with Gasteiger partial charge in [-0.1, -0.05) is 24.3 Å². The largest absolute Gasteiger partial charge is 0.417 e. The van der Waals surface area contributed by atoms with Gasteiger partial charge in [-0.25, -0.2) is 19.2 Å². The molecule has 0 saturated heterocycles. The maximum atomic E-state index is 13.1. The quantitative estimate of drug-likeness (QED) is 0.621. The molecule has 0 fully saturated rings. The molecular formula is C21H18F3N5O3. The zero-order valence-corrected chi connectivity index (χ0v) is 16.6. The van der Waals surface area contributed by atoms with Crippen LogP contribution in [0.5, 0.6) is 5.88 Å². The van der Waals surface area contributed by atoms with Crippen LogP contribution in [-0.4, -0.2) is 50.4 Å². The van der Waals surface area contributed by atoms with Crippen molar-refractivity contribution in [3.63, 3.8) is 0 Å². The van der Waals surface area contributed by atoms with Crippen LogP contribution in [0.25, 0.3) is 5.57 Å². The number of anilines is 1. The van der Waals surface area contributed by atoms with Crippen LogP contribution in [0, 0.1) is 5.82 Å². The number of aromatic nitrogens is 4. The highest BCUT2D eigenvalue weighted by Gasteiger charge is 2.24. The molecular weight excluding hydrogens is 427 g/mol. The molecule has 166 valence electrons. The van der Waals surface area contributed by atoms with Crippen LogP contribution >= 0.6 is 0 Å². The normalized spacial score (nSPS) is 16.2. The summed E-state index contributed by atoms with van der Waals surface area (Å²) in [5.41, 5.74) is 1.39.